The van der Waals surface area contributed by atoms with Gasteiger partial charge >= 0.3 is 0 Å². The number of aryl methyl sites for hydroxylation is 1. The van der Waals surface area contributed by atoms with Gasteiger partial charge in [-0.25, -0.2) is 0 Å². The lowest BCUT2D eigenvalue weighted by atomic mass is 9.90. The summed E-state index contributed by atoms with van der Waals surface area (Å²) in [5.41, 5.74) is 3.84. The van der Waals surface area contributed by atoms with Gasteiger partial charge in [0.1, 0.15) is 0 Å². The van der Waals surface area contributed by atoms with Gasteiger partial charge in [-0.05, 0) is 54.4 Å². The molecule has 1 aliphatic carbocycles. The van der Waals surface area contributed by atoms with Crippen LogP contribution in [0.1, 0.15) is 34.9 Å². The fraction of sp³-hybridized carbons (Fsp3) is 0.353. The van der Waals surface area contributed by atoms with E-state index in [1.165, 1.54) is 17.5 Å². The molecule has 1 aliphatic rings. The number of fused-ring (bicyclic) bond motifs is 1. The molecule has 0 spiro atoms. The van der Waals surface area contributed by atoms with E-state index >= 15 is 0 Å². The number of pyridine rings is 1. The van der Waals surface area contributed by atoms with Gasteiger partial charge in [-0.3, -0.25) is 4.98 Å². The van der Waals surface area contributed by atoms with E-state index in [0.717, 1.165) is 29.8 Å². The fourth-order valence-corrected chi connectivity index (χ4v) is 3.67. The van der Waals surface area contributed by atoms with Crippen molar-refractivity contribution in [1.82, 2.24) is 4.98 Å². The monoisotopic (exact) mass is 305 g/mol. The minimum atomic E-state index is 0.0675. The Labute approximate surface area is 129 Å². The fourth-order valence-electron chi connectivity index (χ4n) is 3.04. The van der Waals surface area contributed by atoms with Crippen LogP contribution in [0.25, 0.3) is 0 Å². The first kappa shape index (κ1) is 13.9. The summed E-state index contributed by atoms with van der Waals surface area (Å²) in [7, 11) is 0. The lowest BCUT2D eigenvalue weighted by Crippen LogP contribution is -2.11. The Balaban J connectivity index is 1.86. The summed E-state index contributed by atoms with van der Waals surface area (Å²) in [4.78, 5) is 4.05. The zero-order valence-electron chi connectivity index (χ0n) is 11.2. The summed E-state index contributed by atoms with van der Waals surface area (Å²) in [5, 5.41) is 0.812. The first-order valence-electron chi connectivity index (χ1n) is 7.06. The van der Waals surface area contributed by atoms with Crippen LogP contribution in [0.5, 0.6) is 0 Å². The second-order valence-electron chi connectivity index (χ2n) is 5.42. The number of rotatable bonds is 2. The van der Waals surface area contributed by atoms with Crippen molar-refractivity contribution in [3.05, 3.63) is 64.4 Å². The number of nitrogens with zero attached hydrogens (tertiary/aromatic N) is 1. The van der Waals surface area contributed by atoms with Crippen LogP contribution in [0.4, 0.5) is 0 Å². The average molecular weight is 306 g/mol. The molecule has 1 heterocycles. The molecule has 3 rings (SSSR count). The van der Waals surface area contributed by atoms with Crippen LogP contribution in [0, 0.1) is 5.92 Å². The second kappa shape index (κ2) is 6.15. The molecular weight excluding hydrogens is 289 g/mol. The van der Waals surface area contributed by atoms with Crippen molar-refractivity contribution in [3.63, 3.8) is 0 Å². The molecule has 3 heteroatoms. The quantitative estimate of drug-likeness (QED) is 0.548. The zero-order valence-corrected chi connectivity index (χ0v) is 12.7. The largest absolute Gasteiger partial charge is 0.263 e. The molecule has 2 aromatic rings. The molecule has 0 aliphatic heterocycles. The highest BCUT2D eigenvalue weighted by Gasteiger charge is 2.26. The van der Waals surface area contributed by atoms with Crippen LogP contribution in [-0.4, -0.2) is 4.98 Å². The number of hydrogen-bond donors (Lipinski definition) is 0. The van der Waals surface area contributed by atoms with Gasteiger partial charge in [0.2, 0.25) is 0 Å². The normalized spacial score (nSPS) is 22.1. The molecular formula is C17H17Cl2N. The average Bonchev–Trinajstić information content (AvgIpc) is 2.62. The molecule has 0 saturated heterocycles. The van der Waals surface area contributed by atoms with E-state index in [1.807, 2.05) is 6.07 Å². The Bertz CT molecular complexity index is 597. The molecule has 2 unspecified atom stereocenters. The second-order valence-corrected chi connectivity index (χ2v) is 6.30. The van der Waals surface area contributed by atoms with E-state index in [4.69, 9.17) is 23.2 Å². The summed E-state index contributed by atoms with van der Waals surface area (Å²) < 4.78 is 0. The Morgan fingerprint density at radius 2 is 2.05 bits per heavy atom. The van der Waals surface area contributed by atoms with Crippen molar-refractivity contribution in [2.75, 3.05) is 0 Å². The van der Waals surface area contributed by atoms with E-state index < -0.39 is 0 Å². The molecule has 2 atom stereocenters. The highest BCUT2D eigenvalue weighted by atomic mass is 35.5. The number of aromatic nitrogens is 1. The van der Waals surface area contributed by atoms with Crippen molar-refractivity contribution >= 4 is 23.2 Å². The van der Waals surface area contributed by atoms with Crippen molar-refractivity contribution in [1.29, 1.82) is 0 Å². The van der Waals surface area contributed by atoms with E-state index in [0.29, 0.717) is 5.92 Å². The maximum absolute atomic E-state index is 6.76. The summed E-state index contributed by atoms with van der Waals surface area (Å²) in [6.45, 7) is 0. The first-order valence-corrected chi connectivity index (χ1v) is 7.87. The van der Waals surface area contributed by atoms with E-state index in [1.54, 1.807) is 12.4 Å². The lowest BCUT2D eigenvalue weighted by Gasteiger charge is -2.21. The third-order valence-corrected chi connectivity index (χ3v) is 5.06. The van der Waals surface area contributed by atoms with Crippen LogP contribution >= 0.6 is 23.2 Å². The number of halogens is 2. The summed E-state index contributed by atoms with van der Waals surface area (Å²) in [5.74, 6) is 0.431. The third kappa shape index (κ3) is 2.84. The van der Waals surface area contributed by atoms with Crippen LogP contribution < -0.4 is 0 Å². The Morgan fingerprint density at radius 3 is 2.90 bits per heavy atom. The lowest BCUT2D eigenvalue weighted by molar-refractivity contribution is 0.465. The molecule has 0 bridgehead atoms. The number of benzene rings is 1. The minimum absolute atomic E-state index is 0.0675. The summed E-state index contributed by atoms with van der Waals surface area (Å²) in [6.07, 6.45) is 7.89. The SMILES string of the molecule is Clc1cnccc1CC1CCCc2ccccc2C1Cl. The van der Waals surface area contributed by atoms with Gasteiger partial charge < -0.3 is 0 Å². The van der Waals surface area contributed by atoms with E-state index in [2.05, 4.69) is 29.2 Å². The van der Waals surface area contributed by atoms with Gasteiger partial charge in [0.15, 0.2) is 0 Å². The number of hydrogen-bond acceptors (Lipinski definition) is 1. The highest BCUT2D eigenvalue weighted by molar-refractivity contribution is 6.31. The van der Waals surface area contributed by atoms with Crippen molar-refractivity contribution in [2.24, 2.45) is 5.92 Å². The molecule has 1 aromatic carbocycles. The predicted molar refractivity (Wildman–Crippen MR) is 84.4 cm³/mol. The zero-order chi connectivity index (χ0) is 13.9. The molecule has 1 aromatic heterocycles. The van der Waals surface area contributed by atoms with Gasteiger partial charge in [-0.1, -0.05) is 35.9 Å². The maximum Gasteiger partial charge on any atom is 0.0621 e. The summed E-state index contributed by atoms with van der Waals surface area (Å²) >= 11 is 13.0. The van der Waals surface area contributed by atoms with Gasteiger partial charge in [0.25, 0.3) is 0 Å². The first-order chi connectivity index (χ1) is 9.75. The van der Waals surface area contributed by atoms with Crippen molar-refractivity contribution < 1.29 is 0 Å². The van der Waals surface area contributed by atoms with Crippen LogP contribution in [0.3, 0.4) is 0 Å². The molecule has 104 valence electrons. The molecule has 0 saturated carbocycles. The molecule has 0 fully saturated rings. The smallest absolute Gasteiger partial charge is 0.0621 e. The Morgan fingerprint density at radius 1 is 1.20 bits per heavy atom. The highest BCUT2D eigenvalue weighted by Crippen LogP contribution is 2.40. The van der Waals surface area contributed by atoms with Crippen molar-refractivity contribution in [3.8, 4) is 0 Å². The van der Waals surface area contributed by atoms with E-state index in [9.17, 15) is 0 Å². The van der Waals surface area contributed by atoms with E-state index in [-0.39, 0.29) is 5.38 Å². The minimum Gasteiger partial charge on any atom is -0.263 e. The van der Waals surface area contributed by atoms with Gasteiger partial charge in [0, 0.05) is 12.4 Å². The number of alkyl halides is 1. The van der Waals surface area contributed by atoms with Gasteiger partial charge in [-0.2, -0.15) is 0 Å². The molecule has 0 N–H and O–H groups in total. The molecule has 1 nitrogen and oxygen atoms in total. The molecule has 0 amide bonds. The standard InChI is InChI=1S/C17H17Cl2N/c18-16-11-20-9-8-13(16)10-14-6-3-5-12-4-1-2-7-15(12)17(14)19/h1-2,4,7-9,11,14,17H,3,5-6,10H2. The third-order valence-electron chi connectivity index (χ3n) is 4.13. The van der Waals surface area contributed by atoms with Crippen LogP contribution in [0.15, 0.2) is 42.7 Å². The van der Waals surface area contributed by atoms with Crippen molar-refractivity contribution in [2.45, 2.75) is 31.1 Å². The Kier molecular flexibility index (Phi) is 4.28. The summed E-state index contributed by atoms with van der Waals surface area (Å²) in [6, 6.07) is 10.5. The predicted octanol–water partition coefficient (Wildman–Crippen LogP) is 5.21. The molecule has 0 radical (unpaired) electrons. The van der Waals surface area contributed by atoms with Crippen LogP contribution in [-0.2, 0) is 12.8 Å². The van der Waals surface area contributed by atoms with Gasteiger partial charge in [-0.15, -0.1) is 11.6 Å². The molecule has 20 heavy (non-hydrogen) atoms. The maximum atomic E-state index is 6.76. The topological polar surface area (TPSA) is 12.9 Å². The van der Waals surface area contributed by atoms with Gasteiger partial charge in [0.05, 0.1) is 10.4 Å². The van der Waals surface area contributed by atoms with Crippen LogP contribution in [0.2, 0.25) is 5.02 Å². The Hall–Kier alpha value is -1.05.